The lowest BCUT2D eigenvalue weighted by Gasteiger charge is -2.31. The first-order valence-corrected chi connectivity index (χ1v) is 6.90. The quantitative estimate of drug-likeness (QED) is 0.664. The Bertz CT molecular complexity index is 473. The zero-order valence-corrected chi connectivity index (χ0v) is 11.6. The summed E-state index contributed by atoms with van der Waals surface area (Å²) in [5, 5.41) is 13.8. The monoisotopic (exact) mass is 281 g/mol. The molecule has 110 valence electrons. The first-order valence-electron chi connectivity index (χ1n) is 6.90. The number of hydrogen-bond acceptors (Lipinski definition) is 4. The van der Waals surface area contributed by atoms with Gasteiger partial charge < -0.3 is 5.32 Å². The third kappa shape index (κ3) is 3.74. The van der Waals surface area contributed by atoms with E-state index in [1.54, 1.807) is 0 Å². The third-order valence-electron chi connectivity index (χ3n) is 3.84. The Kier molecular flexibility index (Phi) is 5.03. The van der Waals surface area contributed by atoms with Gasteiger partial charge >= 0.3 is 0 Å². The van der Waals surface area contributed by atoms with Crippen molar-refractivity contribution >= 4 is 5.69 Å². The van der Waals surface area contributed by atoms with Crippen molar-refractivity contribution in [2.75, 3.05) is 26.7 Å². The number of nitrogens with one attached hydrogen (secondary N) is 1. The molecule has 1 aromatic carbocycles. The lowest BCUT2D eigenvalue weighted by atomic mass is 9.96. The highest BCUT2D eigenvalue weighted by molar-refractivity contribution is 5.34. The predicted octanol–water partition coefficient (Wildman–Crippen LogP) is 2.17. The van der Waals surface area contributed by atoms with Crippen molar-refractivity contribution in [3.05, 3.63) is 39.7 Å². The molecule has 0 amide bonds. The molecule has 1 aliphatic rings. The Morgan fingerprint density at radius 3 is 2.70 bits per heavy atom. The molecule has 1 aromatic rings. The summed E-state index contributed by atoms with van der Waals surface area (Å²) in [4.78, 5) is 12.2. The van der Waals surface area contributed by atoms with Crippen molar-refractivity contribution in [1.82, 2.24) is 10.2 Å². The van der Waals surface area contributed by atoms with Gasteiger partial charge in [-0.3, -0.25) is 15.0 Å². The molecule has 0 aliphatic carbocycles. The van der Waals surface area contributed by atoms with Crippen molar-refractivity contribution in [3.63, 3.8) is 0 Å². The zero-order chi connectivity index (χ0) is 14.5. The summed E-state index contributed by atoms with van der Waals surface area (Å²) in [6.45, 7) is 3.45. The van der Waals surface area contributed by atoms with Gasteiger partial charge in [0.15, 0.2) is 0 Å². The molecule has 1 aliphatic heterocycles. The second kappa shape index (κ2) is 6.76. The van der Waals surface area contributed by atoms with Crippen molar-refractivity contribution < 1.29 is 9.31 Å². The average Bonchev–Trinajstić information content (AvgIpc) is 2.43. The molecule has 2 rings (SSSR count). The number of rotatable bonds is 5. The van der Waals surface area contributed by atoms with Crippen LogP contribution in [0.25, 0.3) is 0 Å². The normalized spacial score (nSPS) is 17.3. The van der Waals surface area contributed by atoms with E-state index in [-0.39, 0.29) is 5.69 Å². The highest BCUT2D eigenvalue weighted by Gasteiger charge is 2.20. The molecule has 0 unspecified atom stereocenters. The Morgan fingerprint density at radius 1 is 1.45 bits per heavy atom. The number of likely N-dealkylation sites (tertiary alicyclic amines) is 1. The first kappa shape index (κ1) is 14.9. The van der Waals surface area contributed by atoms with Crippen LogP contribution in [0.2, 0.25) is 0 Å². The van der Waals surface area contributed by atoms with E-state index in [0.717, 1.165) is 38.5 Å². The van der Waals surface area contributed by atoms with Gasteiger partial charge in [-0.2, -0.15) is 0 Å². The van der Waals surface area contributed by atoms with Gasteiger partial charge in [-0.15, -0.1) is 0 Å². The number of piperidine rings is 1. The highest BCUT2D eigenvalue weighted by Crippen LogP contribution is 2.21. The van der Waals surface area contributed by atoms with Gasteiger partial charge in [0.05, 0.1) is 11.0 Å². The SMILES string of the molecule is CNCC1CCN(Cc2ccc([N+](=O)[O-])cc2F)CC1. The van der Waals surface area contributed by atoms with Crippen LogP contribution in [0.5, 0.6) is 0 Å². The molecule has 1 fully saturated rings. The minimum Gasteiger partial charge on any atom is -0.319 e. The van der Waals surface area contributed by atoms with Crippen molar-refractivity contribution in [1.29, 1.82) is 0 Å². The molecule has 20 heavy (non-hydrogen) atoms. The van der Waals surface area contributed by atoms with Gasteiger partial charge in [0.25, 0.3) is 5.69 Å². The van der Waals surface area contributed by atoms with Crippen LogP contribution in [0, 0.1) is 21.8 Å². The summed E-state index contributed by atoms with van der Waals surface area (Å²) in [7, 11) is 1.96. The summed E-state index contributed by atoms with van der Waals surface area (Å²) < 4.78 is 13.8. The molecular formula is C14H20FN3O2. The summed E-state index contributed by atoms with van der Waals surface area (Å²) in [5.74, 6) is 0.203. The summed E-state index contributed by atoms with van der Waals surface area (Å²) >= 11 is 0. The van der Waals surface area contributed by atoms with Crippen LogP contribution in [0.15, 0.2) is 18.2 Å². The first-order chi connectivity index (χ1) is 9.60. The van der Waals surface area contributed by atoms with Crippen LogP contribution in [-0.4, -0.2) is 36.5 Å². The van der Waals surface area contributed by atoms with E-state index in [0.29, 0.717) is 18.0 Å². The fourth-order valence-electron chi connectivity index (χ4n) is 2.66. The Morgan fingerprint density at radius 2 is 2.15 bits per heavy atom. The molecule has 0 atom stereocenters. The number of hydrogen-bond donors (Lipinski definition) is 1. The average molecular weight is 281 g/mol. The van der Waals surface area contributed by atoms with Gasteiger partial charge in [-0.1, -0.05) is 0 Å². The molecule has 0 bridgehead atoms. The number of nitro groups is 1. The van der Waals surface area contributed by atoms with Crippen molar-refractivity contribution in [3.8, 4) is 0 Å². The maximum atomic E-state index is 13.8. The highest BCUT2D eigenvalue weighted by atomic mass is 19.1. The predicted molar refractivity (Wildman–Crippen MR) is 75.0 cm³/mol. The van der Waals surface area contributed by atoms with Gasteiger partial charge in [0, 0.05) is 18.2 Å². The number of benzene rings is 1. The van der Waals surface area contributed by atoms with Crippen LogP contribution < -0.4 is 5.32 Å². The van der Waals surface area contributed by atoms with Gasteiger partial charge in [0.1, 0.15) is 5.82 Å². The van der Waals surface area contributed by atoms with E-state index in [2.05, 4.69) is 10.2 Å². The number of non-ortho nitro benzene ring substituents is 1. The zero-order valence-electron chi connectivity index (χ0n) is 11.6. The van der Waals surface area contributed by atoms with Crippen LogP contribution in [0.4, 0.5) is 10.1 Å². The second-order valence-electron chi connectivity index (χ2n) is 5.31. The molecule has 0 radical (unpaired) electrons. The smallest absolute Gasteiger partial charge is 0.272 e. The lowest BCUT2D eigenvalue weighted by molar-refractivity contribution is -0.385. The molecule has 0 aromatic heterocycles. The van der Waals surface area contributed by atoms with E-state index < -0.39 is 10.7 Å². The van der Waals surface area contributed by atoms with Gasteiger partial charge in [-0.05, 0) is 51.5 Å². The Hall–Kier alpha value is -1.53. The minimum absolute atomic E-state index is 0.195. The van der Waals surface area contributed by atoms with Gasteiger partial charge in [0.2, 0.25) is 0 Å². The molecule has 0 saturated carbocycles. The molecule has 1 heterocycles. The molecule has 0 spiro atoms. The maximum absolute atomic E-state index is 13.8. The number of halogens is 1. The standard InChI is InChI=1S/C14H20FN3O2/c1-16-9-11-4-6-17(7-5-11)10-12-2-3-13(18(19)20)8-14(12)15/h2-3,8,11,16H,4-7,9-10H2,1H3. The fourth-order valence-corrected chi connectivity index (χ4v) is 2.66. The summed E-state index contributed by atoms with van der Waals surface area (Å²) in [6.07, 6.45) is 2.21. The maximum Gasteiger partial charge on any atom is 0.272 e. The van der Waals surface area contributed by atoms with Crippen molar-refractivity contribution in [2.45, 2.75) is 19.4 Å². The Balaban J connectivity index is 1.93. The second-order valence-corrected chi connectivity index (χ2v) is 5.31. The van der Waals surface area contributed by atoms with E-state index in [1.165, 1.54) is 12.1 Å². The van der Waals surface area contributed by atoms with E-state index in [4.69, 9.17) is 0 Å². The van der Waals surface area contributed by atoms with E-state index in [9.17, 15) is 14.5 Å². The third-order valence-corrected chi connectivity index (χ3v) is 3.84. The van der Waals surface area contributed by atoms with Crippen LogP contribution in [0.1, 0.15) is 18.4 Å². The largest absolute Gasteiger partial charge is 0.319 e. The number of nitrogens with zero attached hydrogens (tertiary/aromatic N) is 2. The van der Waals surface area contributed by atoms with E-state index >= 15 is 0 Å². The molecular weight excluding hydrogens is 261 g/mol. The van der Waals surface area contributed by atoms with E-state index in [1.807, 2.05) is 7.05 Å². The lowest BCUT2D eigenvalue weighted by Crippen LogP contribution is -2.36. The van der Waals surface area contributed by atoms with Crippen LogP contribution in [-0.2, 0) is 6.54 Å². The molecule has 1 saturated heterocycles. The fraction of sp³-hybridized carbons (Fsp3) is 0.571. The summed E-state index contributed by atoms with van der Waals surface area (Å²) in [6, 6.07) is 3.89. The molecule has 5 nitrogen and oxygen atoms in total. The van der Waals surface area contributed by atoms with Crippen LogP contribution >= 0.6 is 0 Å². The number of nitro benzene ring substituents is 1. The van der Waals surface area contributed by atoms with Gasteiger partial charge in [-0.25, -0.2) is 4.39 Å². The molecule has 6 heteroatoms. The topological polar surface area (TPSA) is 58.4 Å². The molecule has 1 N–H and O–H groups in total. The Labute approximate surface area is 117 Å². The summed E-state index contributed by atoms with van der Waals surface area (Å²) in [5.41, 5.74) is 0.335. The van der Waals surface area contributed by atoms with Crippen LogP contribution in [0.3, 0.4) is 0 Å². The van der Waals surface area contributed by atoms with Crippen molar-refractivity contribution in [2.24, 2.45) is 5.92 Å². The minimum atomic E-state index is -0.573.